The molecule has 1 fully saturated rings. The van der Waals surface area contributed by atoms with Crippen LogP contribution in [0.2, 0.25) is 0 Å². The van der Waals surface area contributed by atoms with Crippen LogP contribution in [0.5, 0.6) is 0 Å². The van der Waals surface area contributed by atoms with Gasteiger partial charge in [-0.05, 0) is 52.0 Å². The number of carbonyl (C=O) groups excluding carboxylic acids is 1. The van der Waals surface area contributed by atoms with Crippen molar-refractivity contribution in [3.63, 3.8) is 0 Å². The van der Waals surface area contributed by atoms with Crippen LogP contribution in [0.4, 0.5) is 0 Å². The third kappa shape index (κ3) is 5.77. The van der Waals surface area contributed by atoms with E-state index in [9.17, 15) is 13.2 Å². The maximum absolute atomic E-state index is 13.0. The van der Waals surface area contributed by atoms with Crippen LogP contribution >= 0.6 is 0 Å². The van der Waals surface area contributed by atoms with Crippen molar-refractivity contribution in [1.82, 2.24) is 24.7 Å². The fraction of sp³-hybridized carbons (Fsp3) is 0.400. The zero-order valence-electron chi connectivity index (χ0n) is 20.4. The van der Waals surface area contributed by atoms with Gasteiger partial charge in [0, 0.05) is 43.3 Å². The first kappa shape index (κ1) is 25.0. The van der Waals surface area contributed by atoms with Crippen LogP contribution in [-0.4, -0.2) is 66.5 Å². The molecule has 186 valence electrons. The number of nitrogens with zero attached hydrogens (tertiary/aromatic N) is 4. The molecule has 1 aliphatic rings. The molecule has 0 saturated carbocycles. The van der Waals surface area contributed by atoms with E-state index in [4.69, 9.17) is 4.52 Å². The minimum Gasteiger partial charge on any atom is -0.337 e. The Kier molecular flexibility index (Phi) is 7.34. The molecule has 1 amide bonds. The molecule has 4 rings (SSSR count). The van der Waals surface area contributed by atoms with E-state index in [1.54, 1.807) is 30.9 Å². The van der Waals surface area contributed by atoms with Crippen LogP contribution in [0.3, 0.4) is 0 Å². The first-order chi connectivity index (χ1) is 16.6. The summed E-state index contributed by atoms with van der Waals surface area (Å²) >= 11 is 0. The summed E-state index contributed by atoms with van der Waals surface area (Å²) in [6.07, 6.45) is 0. The van der Waals surface area contributed by atoms with E-state index in [1.165, 1.54) is 17.7 Å². The number of nitrogens with one attached hydrogen (secondary N) is 1. The molecular formula is C25H31N5O4S. The Hall–Kier alpha value is -3.08. The molecule has 9 nitrogen and oxygen atoms in total. The van der Waals surface area contributed by atoms with Gasteiger partial charge in [-0.2, -0.15) is 4.98 Å². The SMILES string of the molecule is Cc1ccc(-c2noc(C(C)N3CCN(C(=O)c4ccc(S(=O)(=O)NC(C)C)cc4)CC3)n2)cc1. The van der Waals surface area contributed by atoms with Gasteiger partial charge >= 0.3 is 0 Å². The molecule has 35 heavy (non-hydrogen) atoms. The van der Waals surface area contributed by atoms with E-state index < -0.39 is 10.0 Å². The topological polar surface area (TPSA) is 109 Å². The molecule has 1 saturated heterocycles. The lowest BCUT2D eigenvalue weighted by molar-refractivity contribution is 0.0551. The minimum absolute atomic E-state index is 0.0723. The number of aromatic nitrogens is 2. The summed E-state index contributed by atoms with van der Waals surface area (Å²) < 4.78 is 32.7. The lowest BCUT2D eigenvalue weighted by Crippen LogP contribution is -2.49. The Labute approximate surface area is 206 Å². The molecule has 0 spiro atoms. The number of rotatable bonds is 7. The molecular weight excluding hydrogens is 466 g/mol. The Morgan fingerprint density at radius 3 is 2.20 bits per heavy atom. The highest BCUT2D eigenvalue weighted by molar-refractivity contribution is 7.89. The summed E-state index contributed by atoms with van der Waals surface area (Å²) in [4.78, 5) is 21.7. The van der Waals surface area contributed by atoms with Crippen molar-refractivity contribution in [2.45, 2.75) is 44.7 Å². The van der Waals surface area contributed by atoms with Gasteiger partial charge in [0.05, 0.1) is 10.9 Å². The fourth-order valence-electron chi connectivity index (χ4n) is 4.03. The normalized spacial score (nSPS) is 16.0. The van der Waals surface area contributed by atoms with Crippen LogP contribution in [0.25, 0.3) is 11.4 Å². The van der Waals surface area contributed by atoms with Crippen molar-refractivity contribution < 1.29 is 17.7 Å². The Morgan fingerprint density at radius 1 is 0.971 bits per heavy atom. The summed E-state index contributed by atoms with van der Waals surface area (Å²) in [5, 5.41) is 4.13. The molecule has 2 heterocycles. The van der Waals surface area contributed by atoms with Crippen molar-refractivity contribution >= 4 is 15.9 Å². The summed E-state index contributed by atoms with van der Waals surface area (Å²) in [5.41, 5.74) is 2.55. The van der Waals surface area contributed by atoms with E-state index in [2.05, 4.69) is 19.8 Å². The Morgan fingerprint density at radius 2 is 1.60 bits per heavy atom. The third-order valence-electron chi connectivity index (χ3n) is 6.06. The number of carbonyl (C=O) groups is 1. The van der Waals surface area contributed by atoms with Gasteiger partial charge in [-0.25, -0.2) is 13.1 Å². The predicted octanol–water partition coefficient (Wildman–Crippen LogP) is 3.25. The van der Waals surface area contributed by atoms with E-state index in [0.29, 0.717) is 43.5 Å². The van der Waals surface area contributed by atoms with E-state index in [-0.39, 0.29) is 22.9 Å². The lowest BCUT2D eigenvalue weighted by Gasteiger charge is -2.36. The maximum Gasteiger partial charge on any atom is 0.253 e. The monoisotopic (exact) mass is 497 g/mol. The molecule has 1 atom stereocenters. The second-order valence-electron chi connectivity index (χ2n) is 9.13. The second-order valence-corrected chi connectivity index (χ2v) is 10.8. The first-order valence-corrected chi connectivity index (χ1v) is 13.2. The molecule has 3 aromatic rings. The zero-order chi connectivity index (χ0) is 25.2. The van der Waals surface area contributed by atoms with Gasteiger partial charge in [0.2, 0.25) is 21.7 Å². The standard InChI is InChI=1S/C25H31N5O4S/c1-17(2)28-35(32,33)22-11-9-21(10-12-22)25(31)30-15-13-29(14-16-30)19(4)24-26-23(27-34-24)20-7-5-18(3)6-8-20/h5-12,17,19,28H,13-16H2,1-4H3. The highest BCUT2D eigenvalue weighted by Crippen LogP contribution is 2.24. The Balaban J connectivity index is 1.35. The molecule has 1 N–H and O–H groups in total. The summed E-state index contributed by atoms with van der Waals surface area (Å²) in [6, 6.07) is 13.8. The average molecular weight is 498 g/mol. The van der Waals surface area contributed by atoms with Crippen molar-refractivity contribution in [1.29, 1.82) is 0 Å². The smallest absolute Gasteiger partial charge is 0.253 e. The van der Waals surface area contributed by atoms with Gasteiger partial charge in [0.15, 0.2) is 0 Å². The van der Waals surface area contributed by atoms with E-state index >= 15 is 0 Å². The number of benzene rings is 2. The molecule has 2 aromatic carbocycles. The summed E-state index contributed by atoms with van der Waals surface area (Å²) in [7, 11) is -3.59. The van der Waals surface area contributed by atoms with Gasteiger partial charge in [-0.3, -0.25) is 9.69 Å². The number of hydrogen-bond donors (Lipinski definition) is 1. The number of amides is 1. The zero-order valence-corrected chi connectivity index (χ0v) is 21.2. The van der Waals surface area contributed by atoms with Gasteiger partial charge in [0.25, 0.3) is 5.91 Å². The highest BCUT2D eigenvalue weighted by Gasteiger charge is 2.28. The second kappa shape index (κ2) is 10.3. The van der Waals surface area contributed by atoms with E-state index in [1.807, 2.05) is 38.1 Å². The van der Waals surface area contributed by atoms with Gasteiger partial charge in [-0.1, -0.05) is 35.0 Å². The average Bonchev–Trinajstić information content (AvgIpc) is 3.33. The third-order valence-corrected chi connectivity index (χ3v) is 7.73. The molecule has 1 aromatic heterocycles. The molecule has 0 aliphatic carbocycles. The number of sulfonamides is 1. The molecule has 0 radical (unpaired) electrons. The van der Waals surface area contributed by atoms with Crippen LogP contribution in [0, 0.1) is 6.92 Å². The molecule has 0 bridgehead atoms. The van der Waals surface area contributed by atoms with Gasteiger partial charge in [-0.15, -0.1) is 0 Å². The number of aryl methyl sites for hydroxylation is 1. The quantitative estimate of drug-likeness (QED) is 0.534. The summed E-state index contributed by atoms with van der Waals surface area (Å²) in [6.45, 7) is 10.0. The van der Waals surface area contributed by atoms with E-state index in [0.717, 1.165) is 5.56 Å². The fourth-order valence-corrected chi connectivity index (χ4v) is 5.28. The first-order valence-electron chi connectivity index (χ1n) is 11.7. The van der Waals surface area contributed by atoms with Gasteiger partial charge in [0.1, 0.15) is 0 Å². The highest BCUT2D eigenvalue weighted by atomic mass is 32.2. The van der Waals surface area contributed by atoms with Crippen molar-refractivity contribution in [3.8, 4) is 11.4 Å². The Bertz CT molecular complexity index is 1260. The van der Waals surface area contributed by atoms with Crippen molar-refractivity contribution in [3.05, 3.63) is 65.5 Å². The van der Waals surface area contributed by atoms with Crippen LogP contribution in [-0.2, 0) is 10.0 Å². The number of hydrogen-bond acceptors (Lipinski definition) is 7. The molecule has 1 aliphatic heterocycles. The maximum atomic E-state index is 13.0. The largest absolute Gasteiger partial charge is 0.337 e. The van der Waals surface area contributed by atoms with Crippen molar-refractivity contribution in [2.75, 3.05) is 26.2 Å². The molecule has 1 unspecified atom stereocenters. The van der Waals surface area contributed by atoms with Crippen LogP contribution < -0.4 is 4.72 Å². The summed E-state index contributed by atoms with van der Waals surface area (Å²) in [5.74, 6) is 0.999. The van der Waals surface area contributed by atoms with Crippen molar-refractivity contribution in [2.24, 2.45) is 0 Å². The van der Waals surface area contributed by atoms with Crippen LogP contribution in [0.1, 0.15) is 48.6 Å². The lowest BCUT2D eigenvalue weighted by atomic mass is 10.1. The van der Waals surface area contributed by atoms with Crippen LogP contribution in [0.15, 0.2) is 57.9 Å². The predicted molar refractivity (Wildman–Crippen MR) is 132 cm³/mol. The minimum atomic E-state index is -3.59. The van der Waals surface area contributed by atoms with Gasteiger partial charge < -0.3 is 9.42 Å². The number of piperazine rings is 1. The molecule has 10 heteroatoms.